The molecule has 2 rings (SSSR count). The van der Waals surface area contributed by atoms with Gasteiger partial charge in [-0.1, -0.05) is 12.1 Å². The molecule has 0 saturated heterocycles. The number of para-hydroxylation sites is 2. The van der Waals surface area contributed by atoms with Crippen molar-refractivity contribution in [2.45, 2.75) is 25.1 Å². The molecule has 6 nitrogen and oxygen atoms in total. The maximum Gasteiger partial charge on any atom is 0.242 e. The zero-order valence-corrected chi connectivity index (χ0v) is 14.4. The van der Waals surface area contributed by atoms with Crippen molar-refractivity contribution in [2.24, 2.45) is 0 Å². The van der Waals surface area contributed by atoms with Crippen LogP contribution in [0.3, 0.4) is 0 Å². The van der Waals surface area contributed by atoms with Crippen LogP contribution in [0, 0.1) is 22.7 Å². The van der Waals surface area contributed by atoms with E-state index in [0.29, 0.717) is 13.1 Å². The van der Waals surface area contributed by atoms with Crippen molar-refractivity contribution in [1.29, 1.82) is 10.5 Å². The number of carbonyl (C=O) groups excluding carboxylic acids is 1. The van der Waals surface area contributed by atoms with E-state index >= 15 is 0 Å². The molecule has 1 aromatic carbocycles. The molecule has 0 aliphatic carbocycles. The standard InChI is InChI=1S/C17H19N5OS/c1-24-13-16-20-14-6-2-3-7-15(14)22(16)12-17(23)21(10-4-8-18)11-5-9-19/h2-3,6-7H,4-5,10-13H2,1H3. The van der Waals surface area contributed by atoms with Crippen LogP contribution >= 0.6 is 11.8 Å². The van der Waals surface area contributed by atoms with Crippen molar-refractivity contribution in [1.82, 2.24) is 14.5 Å². The Morgan fingerprint density at radius 3 is 2.54 bits per heavy atom. The maximum atomic E-state index is 12.7. The van der Waals surface area contributed by atoms with Crippen molar-refractivity contribution in [3.8, 4) is 12.1 Å². The first-order valence-corrected chi connectivity index (χ1v) is 9.05. The number of thioether (sulfide) groups is 1. The van der Waals surface area contributed by atoms with Crippen LogP contribution in [0.25, 0.3) is 11.0 Å². The number of fused-ring (bicyclic) bond motifs is 1. The number of carbonyl (C=O) groups is 1. The van der Waals surface area contributed by atoms with Crippen LogP contribution in [0.15, 0.2) is 24.3 Å². The molecule has 0 aliphatic heterocycles. The van der Waals surface area contributed by atoms with E-state index in [0.717, 1.165) is 22.6 Å². The highest BCUT2D eigenvalue weighted by atomic mass is 32.2. The number of imidazole rings is 1. The molecule has 0 fully saturated rings. The number of benzene rings is 1. The van der Waals surface area contributed by atoms with E-state index in [1.165, 1.54) is 0 Å². The Kier molecular flexibility index (Phi) is 6.65. The molecular weight excluding hydrogens is 322 g/mol. The molecule has 0 bridgehead atoms. The van der Waals surface area contributed by atoms with Crippen molar-refractivity contribution in [2.75, 3.05) is 19.3 Å². The van der Waals surface area contributed by atoms with Crippen LogP contribution in [0.2, 0.25) is 0 Å². The van der Waals surface area contributed by atoms with Gasteiger partial charge in [0.25, 0.3) is 0 Å². The normalized spacial score (nSPS) is 10.3. The molecule has 0 spiro atoms. The number of nitriles is 2. The summed E-state index contributed by atoms with van der Waals surface area (Å²) in [5.41, 5.74) is 1.80. The van der Waals surface area contributed by atoms with E-state index in [2.05, 4.69) is 17.1 Å². The first-order chi connectivity index (χ1) is 11.7. The van der Waals surface area contributed by atoms with E-state index in [1.54, 1.807) is 16.7 Å². The summed E-state index contributed by atoms with van der Waals surface area (Å²) in [6.07, 6.45) is 2.52. The van der Waals surface area contributed by atoms with Gasteiger partial charge in [0.2, 0.25) is 5.91 Å². The minimum atomic E-state index is -0.0917. The van der Waals surface area contributed by atoms with E-state index in [1.807, 2.05) is 35.1 Å². The largest absolute Gasteiger partial charge is 0.339 e. The summed E-state index contributed by atoms with van der Waals surface area (Å²) in [5.74, 6) is 1.49. The minimum absolute atomic E-state index is 0.0917. The summed E-state index contributed by atoms with van der Waals surface area (Å²) in [5, 5.41) is 17.5. The van der Waals surface area contributed by atoms with Crippen molar-refractivity contribution in [3.05, 3.63) is 30.1 Å². The Morgan fingerprint density at radius 2 is 1.92 bits per heavy atom. The second-order valence-corrected chi connectivity index (χ2v) is 6.10. The average Bonchev–Trinajstić information content (AvgIpc) is 2.93. The van der Waals surface area contributed by atoms with Gasteiger partial charge >= 0.3 is 0 Å². The van der Waals surface area contributed by atoms with Crippen LogP contribution in [0.4, 0.5) is 0 Å². The highest BCUT2D eigenvalue weighted by molar-refractivity contribution is 7.97. The summed E-state index contributed by atoms with van der Waals surface area (Å²) in [6.45, 7) is 0.871. The van der Waals surface area contributed by atoms with Crippen molar-refractivity contribution in [3.63, 3.8) is 0 Å². The number of amides is 1. The minimum Gasteiger partial charge on any atom is -0.339 e. The second kappa shape index (κ2) is 8.95. The average molecular weight is 341 g/mol. The van der Waals surface area contributed by atoms with Crippen molar-refractivity contribution < 1.29 is 4.79 Å². The molecule has 0 radical (unpaired) electrons. The molecule has 0 atom stereocenters. The van der Waals surface area contributed by atoms with Gasteiger partial charge in [-0.05, 0) is 18.4 Å². The summed E-state index contributed by atoms with van der Waals surface area (Å²) in [6, 6.07) is 11.8. The van der Waals surface area contributed by atoms with E-state index in [4.69, 9.17) is 10.5 Å². The van der Waals surface area contributed by atoms with Gasteiger partial charge in [0.1, 0.15) is 12.4 Å². The topological polar surface area (TPSA) is 85.7 Å². The Balaban J connectivity index is 2.25. The fourth-order valence-electron chi connectivity index (χ4n) is 2.51. The number of hydrogen-bond acceptors (Lipinski definition) is 5. The SMILES string of the molecule is CSCc1nc2ccccc2n1CC(=O)N(CCC#N)CCC#N. The van der Waals surface area contributed by atoms with Gasteiger partial charge < -0.3 is 9.47 Å². The molecule has 0 saturated carbocycles. The lowest BCUT2D eigenvalue weighted by Crippen LogP contribution is -2.35. The van der Waals surface area contributed by atoms with E-state index in [-0.39, 0.29) is 25.3 Å². The fourth-order valence-corrected chi connectivity index (χ4v) is 2.99. The number of aromatic nitrogens is 2. The first-order valence-electron chi connectivity index (χ1n) is 7.66. The molecule has 0 N–H and O–H groups in total. The molecular formula is C17H19N5OS. The van der Waals surface area contributed by atoms with Gasteiger partial charge in [0.15, 0.2) is 0 Å². The fraction of sp³-hybridized carbons (Fsp3) is 0.412. The summed E-state index contributed by atoms with van der Waals surface area (Å²) >= 11 is 1.65. The van der Waals surface area contributed by atoms with Crippen LogP contribution in [-0.4, -0.2) is 39.7 Å². The predicted molar refractivity (Wildman–Crippen MR) is 94.0 cm³/mol. The first kappa shape index (κ1) is 17.8. The molecule has 0 unspecified atom stereocenters. The third-order valence-electron chi connectivity index (χ3n) is 3.64. The van der Waals surface area contributed by atoms with Gasteiger partial charge in [-0.25, -0.2) is 4.98 Å². The number of hydrogen-bond donors (Lipinski definition) is 0. The Bertz CT molecular complexity index is 768. The molecule has 1 amide bonds. The lowest BCUT2D eigenvalue weighted by atomic mass is 10.3. The zero-order chi connectivity index (χ0) is 17.4. The molecule has 2 aromatic rings. The molecule has 7 heteroatoms. The molecule has 24 heavy (non-hydrogen) atoms. The van der Waals surface area contributed by atoms with E-state index < -0.39 is 0 Å². The Morgan fingerprint density at radius 1 is 1.25 bits per heavy atom. The van der Waals surface area contributed by atoms with Crippen molar-refractivity contribution >= 4 is 28.7 Å². The molecule has 0 aliphatic rings. The summed E-state index contributed by atoms with van der Waals surface area (Å²) in [7, 11) is 0. The third kappa shape index (κ3) is 4.27. The zero-order valence-electron chi connectivity index (χ0n) is 13.6. The lowest BCUT2D eigenvalue weighted by molar-refractivity contribution is -0.131. The molecule has 124 valence electrons. The highest BCUT2D eigenvalue weighted by Gasteiger charge is 2.17. The van der Waals surface area contributed by atoms with Crippen LogP contribution < -0.4 is 0 Å². The Labute approximate surface area is 145 Å². The Hall–Kier alpha value is -2.51. The van der Waals surface area contributed by atoms with Gasteiger partial charge in [-0.3, -0.25) is 4.79 Å². The number of nitrogens with zero attached hydrogens (tertiary/aromatic N) is 5. The van der Waals surface area contributed by atoms with Gasteiger partial charge in [0, 0.05) is 13.1 Å². The molecule has 1 aromatic heterocycles. The van der Waals surface area contributed by atoms with Gasteiger partial charge in [0.05, 0.1) is 41.8 Å². The highest BCUT2D eigenvalue weighted by Crippen LogP contribution is 2.19. The van der Waals surface area contributed by atoms with Gasteiger partial charge in [-0.2, -0.15) is 22.3 Å². The molecule has 1 heterocycles. The lowest BCUT2D eigenvalue weighted by Gasteiger charge is -2.21. The third-order valence-corrected chi connectivity index (χ3v) is 4.19. The van der Waals surface area contributed by atoms with Crippen LogP contribution in [0.5, 0.6) is 0 Å². The summed E-state index contributed by atoms with van der Waals surface area (Å²) < 4.78 is 1.93. The second-order valence-electron chi connectivity index (χ2n) is 5.23. The monoisotopic (exact) mass is 341 g/mol. The maximum absolute atomic E-state index is 12.7. The number of rotatable bonds is 8. The smallest absolute Gasteiger partial charge is 0.242 e. The van der Waals surface area contributed by atoms with Gasteiger partial charge in [-0.15, -0.1) is 0 Å². The van der Waals surface area contributed by atoms with E-state index in [9.17, 15) is 4.79 Å². The van der Waals surface area contributed by atoms with Crippen LogP contribution in [0.1, 0.15) is 18.7 Å². The quantitative estimate of drug-likeness (QED) is 0.736. The van der Waals surface area contributed by atoms with Crippen LogP contribution in [-0.2, 0) is 17.1 Å². The summed E-state index contributed by atoms with van der Waals surface area (Å²) in [4.78, 5) is 18.9. The predicted octanol–water partition coefficient (Wildman–Crippen LogP) is 2.56.